The van der Waals surface area contributed by atoms with Gasteiger partial charge in [0.05, 0.1) is 24.8 Å². The van der Waals surface area contributed by atoms with Crippen LogP contribution in [0.15, 0.2) is 48.5 Å². The highest BCUT2D eigenvalue weighted by Crippen LogP contribution is 2.32. The number of ether oxygens (including phenoxy) is 2. The van der Waals surface area contributed by atoms with Crippen molar-refractivity contribution in [1.29, 1.82) is 0 Å². The second-order valence-electron chi connectivity index (χ2n) is 6.54. The molecule has 0 N–H and O–H groups in total. The number of aromatic nitrogens is 2. The van der Waals surface area contributed by atoms with Crippen molar-refractivity contribution in [3.8, 4) is 11.5 Å². The van der Waals surface area contributed by atoms with E-state index in [1.807, 2.05) is 37.3 Å². The standard InChI is InChI=1S/C22H23F3N2O2/c1-3-8-16-11-12-19(20(15-16)28-2)29-14-7-6-13-27-18-10-5-4-9-17(18)26-21(27)22(23,24)25/h3-5,8-12,15H,6-7,13-14H2,1-2H3/b8-3+. The maximum Gasteiger partial charge on any atom is 0.449 e. The van der Waals surface area contributed by atoms with Crippen LogP contribution in [-0.2, 0) is 12.7 Å². The number of halogens is 3. The van der Waals surface area contributed by atoms with Crippen LogP contribution in [0.3, 0.4) is 0 Å². The molecule has 7 heteroatoms. The van der Waals surface area contributed by atoms with Crippen molar-refractivity contribution >= 4 is 17.1 Å². The third-order valence-electron chi connectivity index (χ3n) is 4.49. The summed E-state index contributed by atoms with van der Waals surface area (Å²) in [7, 11) is 1.57. The van der Waals surface area contributed by atoms with Crippen LogP contribution in [0.4, 0.5) is 13.2 Å². The van der Waals surface area contributed by atoms with Crippen LogP contribution in [0.25, 0.3) is 17.1 Å². The van der Waals surface area contributed by atoms with Gasteiger partial charge in [-0.05, 0) is 49.6 Å². The number of unbranched alkanes of at least 4 members (excludes halogenated alkanes) is 1. The normalized spacial score (nSPS) is 12.0. The fourth-order valence-electron chi connectivity index (χ4n) is 3.17. The summed E-state index contributed by atoms with van der Waals surface area (Å²) in [4.78, 5) is 3.76. The van der Waals surface area contributed by atoms with E-state index < -0.39 is 12.0 Å². The van der Waals surface area contributed by atoms with Crippen molar-refractivity contribution in [1.82, 2.24) is 9.55 Å². The molecule has 0 radical (unpaired) electrons. The van der Waals surface area contributed by atoms with Gasteiger partial charge in [-0.25, -0.2) is 4.98 Å². The number of alkyl halides is 3. The second-order valence-corrected chi connectivity index (χ2v) is 6.54. The van der Waals surface area contributed by atoms with Crippen molar-refractivity contribution < 1.29 is 22.6 Å². The first-order valence-electron chi connectivity index (χ1n) is 9.40. The Bertz CT molecular complexity index is 993. The van der Waals surface area contributed by atoms with Gasteiger partial charge in [-0.3, -0.25) is 0 Å². The van der Waals surface area contributed by atoms with Crippen LogP contribution >= 0.6 is 0 Å². The number of methoxy groups -OCH3 is 1. The summed E-state index contributed by atoms with van der Waals surface area (Å²) in [5.41, 5.74) is 1.84. The third kappa shape index (κ3) is 4.91. The summed E-state index contributed by atoms with van der Waals surface area (Å²) in [6.07, 6.45) is 0.536. The van der Waals surface area contributed by atoms with Crippen molar-refractivity contribution in [2.75, 3.05) is 13.7 Å². The molecule has 0 saturated heterocycles. The fourth-order valence-corrected chi connectivity index (χ4v) is 3.17. The molecule has 4 nitrogen and oxygen atoms in total. The molecule has 0 saturated carbocycles. The number of nitrogens with zero attached hydrogens (tertiary/aromatic N) is 2. The molecule has 0 aliphatic rings. The highest BCUT2D eigenvalue weighted by atomic mass is 19.4. The molecule has 3 aromatic rings. The van der Waals surface area contributed by atoms with Crippen LogP contribution in [0.1, 0.15) is 31.2 Å². The molecule has 0 bridgehead atoms. The Morgan fingerprint density at radius 1 is 1.07 bits per heavy atom. The molecule has 1 aromatic heterocycles. The third-order valence-corrected chi connectivity index (χ3v) is 4.49. The number of hydrogen-bond donors (Lipinski definition) is 0. The van der Waals surface area contributed by atoms with Gasteiger partial charge in [-0.1, -0.05) is 30.4 Å². The van der Waals surface area contributed by atoms with E-state index in [0.29, 0.717) is 42.0 Å². The molecule has 0 atom stereocenters. The van der Waals surface area contributed by atoms with Crippen molar-refractivity contribution in [3.05, 3.63) is 59.9 Å². The maximum atomic E-state index is 13.3. The Balaban J connectivity index is 1.62. The average Bonchev–Trinajstić information content (AvgIpc) is 3.08. The fraction of sp³-hybridized carbons (Fsp3) is 0.318. The first kappa shape index (κ1) is 20.8. The minimum Gasteiger partial charge on any atom is -0.493 e. The van der Waals surface area contributed by atoms with Crippen molar-refractivity contribution in [3.63, 3.8) is 0 Å². The van der Waals surface area contributed by atoms with Gasteiger partial charge in [0, 0.05) is 6.54 Å². The quantitative estimate of drug-likeness (QED) is 0.435. The second kappa shape index (κ2) is 9.03. The van der Waals surface area contributed by atoms with Gasteiger partial charge >= 0.3 is 6.18 Å². The lowest BCUT2D eigenvalue weighted by atomic mass is 10.2. The summed E-state index contributed by atoms with van der Waals surface area (Å²) >= 11 is 0. The smallest absolute Gasteiger partial charge is 0.449 e. The van der Waals surface area contributed by atoms with Gasteiger partial charge in [0.1, 0.15) is 0 Å². The SMILES string of the molecule is C/C=C/c1ccc(OCCCCn2c(C(F)(F)F)nc3ccccc32)c(OC)c1. The van der Waals surface area contributed by atoms with Gasteiger partial charge in [0.15, 0.2) is 11.5 Å². The number of para-hydroxylation sites is 2. The highest BCUT2D eigenvalue weighted by molar-refractivity contribution is 5.76. The van der Waals surface area contributed by atoms with Gasteiger partial charge in [-0.15, -0.1) is 0 Å². The van der Waals surface area contributed by atoms with Crippen LogP contribution in [0.2, 0.25) is 0 Å². The minimum atomic E-state index is -4.49. The first-order valence-corrected chi connectivity index (χ1v) is 9.40. The lowest BCUT2D eigenvalue weighted by Crippen LogP contribution is -2.15. The molecular weight excluding hydrogens is 381 g/mol. The molecule has 0 aliphatic carbocycles. The largest absolute Gasteiger partial charge is 0.493 e. The Morgan fingerprint density at radius 2 is 1.86 bits per heavy atom. The van der Waals surface area contributed by atoms with E-state index in [1.54, 1.807) is 31.4 Å². The topological polar surface area (TPSA) is 36.3 Å². The van der Waals surface area contributed by atoms with Gasteiger partial charge in [-0.2, -0.15) is 13.2 Å². The van der Waals surface area contributed by atoms with Gasteiger partial charge in [0.25, 0.3) is 0 Å². The number of allylic oxidation sites excluding steroid dienone is 1. The Kier molecular flexibility index (Phi) is 6.46. The summed E-state index contributed by atoms with van der Waals surface area (Å²) in [6, 6.07) is 12.3. The molecule has 0 spiro atoms. The molecule has 3 rings (SSSR count). The van der Waals surface area contributed by atoms with Crippen LogP contribution in [0, 0.1) is 0 Å². The molecular formula is C22H23F3N2O2. The predicted molar refractivity (Wildman–Crippen MR) is 107 cm³/mol. The average molecular weight is 404 g/mol. The molecule has 0 aliphatic heterocycles. The molecule has 29 heavy (non-hydrogen) atoms. The van der Waals surface area contributed by atoms with Crippen molar-refractivity contribution in [2.45, 2.75) is 32.5 Å². The van der Waals surface area contributed by atoms with Gasteiger partial charge < -0.3 is 14.0 Å². The van der Waals surface area contributed by atoms with Gasteiger partial charge in [0.2, 0.25) is 5.82 Å². The van der Waals surface area contributed by atoms with Crippen LogP contribution in [0.5, 0.6) is 11.5 Å². The lowest BCUT2D eigenvalue weighted by molar-refractivity contribution is -0.147. The number of aryl methyl sites for hydroxylation is 1. The zero-order chi connectivity index (χ0) is 20.9. The molecule has 0 amide bonds. The van der Waals surface area contributed by atoms with E-state index in [9.17, 15) is 13.2 Å². The zero-order valence-electron chi connectivity index (χ0n) is 16.4. The zero-order valence-corrected chi connectivity index (χ0v) is 16.4. The monoisotopic (exact) mass is 404 g/mol. The maximum absolute atomic E-state index is 13.3. The number of fused-ring (bicyclic) bond motifs is 1. The first-order chi connectivity index (χ1) is 13.9. The predicted octanol–water partition coefficient (Wildman–Crippen LogP) is 5.96. The van der Waals surface area contributed by atoms with E-state index >= 15 is 0 Å². The molecule has 1 heterocycles. The van der Waals surface area contributed by atoms with E-state index in [-0.39, 0.29) is 6.54 Å². The summed E-state index contributed by atoms with van der Waals surface area (Å²) in [5.74, 6) is 0.381. The van der Waals surface area contributed by atoms with E-state index in [0.717, 1.165) is 5.56 Å². The van der Waals surface area contributed by atoms with Crippen LogP contribution in [-0.4, -0.2) is 23.3 Å². The Labute approximate surface area is 167 Å². The van der Waals surface area contributed by atoms with E-state index in [4.69, 9.17) is 9.47 Å². The minimum absolute atomic E-state index is 0.218. The van der Waals surface area contributed by atoms with E-state index in [1.165, 1.54) is 4.57 Å². The molecule has 154 valence electrons. The Morgan fingerprint density at radius 3 is 2.59 bits per heavy atom. The lowest BCUT2D eigenvalue weighted by Gasteiger charge is -2.13. The Hall–Kier alpha value is -2.96. The van der Waals surface area contributed by atoms with Crippen molar-refractivity contribution in [2.24, 2.45) is 0 Å². The number of imidazole rings is 1. The summed E-state index contributed by atoms with van der Waals surface area (Å²) in [5, 5.41) is 0. The molecule has 0 fully saturated rings. The summed E-state index contributed by atoms with van der Waals surface area (Å²) < 4.78 is 52.3. The number of hydrogen-bond acceptors (Lipinski definition) is 3. The molecule has 2 aromatic carbocycles. The number of benzene rings is 2. The summed E-state index contributed by atoms with van der Waals surface area (Å²) in [6.45, 7) is 2.54. The molecule has 0 unspecified atom stereocenters. The van der Waals surface area contributed by atoms with E-state index in [2.05, 4.69) is 4.98 Å². The van der Waals surface area contributed by atoms with Crippen LogP contribution < -0.4 is 9.47 Å². The highest BCUT2D eigenvalue weighted by Gasteiger charge is 2.37. The number of rotatable bonds is 8.